The summed E-state index contributed by atoms with van der Waals surface area (Å²) in [5.41, 5.74) is 0.655. The lowest BCUT2D eigenvalue weighted by molar-refractivity contribution is 0.440. The quantitative estimate of drug-likeness (QED) is 0.829. The molecule has 0 saturated carbocycles. The molecule has 1 aromatic heterocycles. The molecule has 2 rings (SSSR count). The van der Waals surface area contributed by atoms with Crippen LogP contribution in [-0.2, 0) is 6.54 Å². The lowest BCUT2D eigenvalue weighted by Crippen LogP contribution is -2.18. The van der Waals surface area contributed by atoms with Crippen molar-refractivity contribution in [2.75, 3.05) is 0 Å². The number of benzene rings is 1. The molecule has 96 valence electrons. The number of rotatable bonds is 4. The molecule has 1 aromatic carbocycles. The number of halogens is 3. The van der Waals surface area contributed by atoms with Gasteiger partial charge in [-0.2, -0.15) is 0 Å². The van der Waals surface area contributed by atoms with Gasteiger partial charge in [0.2, 0.25) is 0 Å². The van der Waals surface area contributed by atoms with Crippen molar-refractivity contribution in [3.8, 4) is 0 Å². The molecule has 0 radical (unpaired) electrons. The van der Waals surface area contributed by atoms with Gasteiger partial charge in [0.05, 0.1) is 11.0 Å². The van der Waals surface area contributed by atoms with Crippen molar-refractivity contribution in [1.29, 1.82) is 0 Å². The van der Waals surface area contributed by atoms with Crippen LogP contribution < -0.4 is 5.32 Å². The zero-order valence-corrected chi connectivity index (χ0v) is 12.9. The van der Waals surface area contributed by atoms with E-state index in [2.05, 4.69) is 37.2 Å². The number of hydrogen-bond donors (Lipinski definition) is 1. The summed E-state index contributed by atoms with van der Waals surface area (Å²) >= 11 is 6.63. The van der Waals surface area contributed by atoms with Gasteiger partial charge in [0, 0.05) is 11.6 Å². The first-order valence-electron chi connectivity index (χ1n) is 5.49. The summed E-state index contributed by atoms with van der Waals surface area (Å²) in [6, 6.07) is 8.57. The smallest absolute Gasteiger partial charge is 0.183 e. The molecule has 5 heteroatoms. The monoisotopic (exact) mass is 375 g/mol. The van der Waals surface area contributed by atoms with Crippen molar-refractivity contribution in [2.24, 2.45) is 0 Å². The third-order valence-electron chi connectivity index (χ3n) is 2.65. The molecular formula is C13H12Br2FNO. The Hall–Kier alpha value is -0.650. The second-order valence-electron chi connectivity index (χ2n) is 3.96. The normalized spacial score (nSPS) is 12.7. The standard InChI is InChI=1S/C13H12Br2FNO/c1-8(10-4-2-3-5-12(10)16)17-7-9-6-11(14)13(15)18-9/h2-6,8,17H,7H2,1H3/t8-/m1/s1. The summed E-state index contributed by atoms with van der Waals surface area (Å²) < 4.78 is 20.5. The zero-order chi connectivity index (χ0) is 13.1. The third-order valence-corrected chi connectivity index (χ3v) is 4.36. The predicted octanol–water partition coefficient (Wildman–Crippen LogP) is 4.79. The Morgan fingerprint density at radius 2 is 2.06 bits per heavy atom. The average molecular weight is 377 g/mol. The first-order chi connectivity index (χ1) is 8.58. The van der Waals surface area contributed by atoms with Gasteiger partial charge in [0.25, 0.3) is 0 Å². The van der Waals surface area contributed by atoms with Gasteiger partial charge in [-0.3, -0.25) is 0 Å². The molecule has 0 aliphatic heterocycles. The van der Waals surface area contributed by atoms with Gasteiger partial charge in [0.15, 0.2) is 4.67 Å². The molecule has 0 bridgehead atoms. The molecule has 2 nitrogen and oxygen atoms in total. The van der Waals surface area contributed by atoms with E-state index in [9.17, 15) is 4.39 Å². The van der Waals surface area contributed by atoms with E-state index in [-0.39, 0.29) is 11.9 Å². The maximum Gasteiger partial charge on any atom is 0.183 e. The number of hydrogen-bond acceptors (Lipinski definition) is 2. The van der Waals surface area contributed by atoms with Crippen molar-refractivity contribution >= 4 is 31.9 Å². The Morgan fingerprint density at radius 1 is 1.33 bits per heavy atom. The third kappa shape index (κ3) is 3.22. The molecule has 1 atom stereocenters. The van der Waals surface area contributed by atoms with Gasteiger partial charge in [-0.1, -0.05) is 18.2 Å². The molecule has 0 aliphatic rings. The molecule has 2 aromatic rings. The fourth-order valence-electron chi connectivity index (χ4n) is 1.67. The van der Waals surface area contributed by atoms with E-state index in [0.717, 1.165) is 10.2 Å². The Labute approximate surface area is 122 Å². The van der Waals surface area contributed by atoms with E-state index in [4.69, 9.17) is 4.42 Å². The first-order valence-corrected chi connectivity index (χ1v) is 7.08. The van der Waals surface area contributed by atoms with Crippen LogP contribution in [0.15, 0.2) is 43.9 Å². The summed E-state index contributed by atoms with van der Waals surface area (Å²) in [7, 11) is 0. The summed E-state index contributed by atoms with van der Waals surface area (Å²) in [6.07, 6.45) is 0. The van der Waals surface area contributed by atoms with E-state index in [1.165, 1.54) is 6.07 Å². The summed E-state index contributed by atoms with van der Waals surface area (Å²) in [4.78, 5) is 0. The average Bonchev–Trinajstić information content (AvgIpc) is 2.66. The predicted molar refractivity (Wildman–Crippen MR) is 75.8 cm³/mol. The lowest BCUT2D eigenvalue weighted by atomic mass is 10.1. The molecular weight excluding hydrogens is 365 g/mol. The SMILES string of the molecule is C[C@@H](NCc1cc(Br)c(Br)o1)c1ccccc1F. The molecule has 0 aliphatic carbocycles. The Morgan fingerprint density at radius 3 is 2.67 bits per heavy atom. The highest BCUT2D eigenvalue weighted by Gasteiger charge is 2.11. The summed E-state index contributed by atoms with van der Waals surface area (Å²) in [6.45, 7) is 2.46. The van der Waals surface area contributed by atoms with Crippen molar-refractivity contribution in [1.82, 2.24) is 5.32 Å². The van der Waals surface area contributed by atoms with Crippen LogP contribution in [0.3, 0.4) is 0 Å². The van der Waals surface area contributed by atoms with E-state index in [1.807, 2.05) is 19.1 Å². The first kappa shape index (κ1) is 13.8. The summed E-state index contributed by atoms with van der Waals surface area (Å²) in [5.74, 6) is 0.594. The Kier molecular flexibility index (Phi) is 4.59. The van der Waals surface area contributed by atoms with E-state index >= 15 is 0 Å². The number of furan rings is 1. The van der Waals surface area contributed by atoms with Gasteiger partial charge < -0.3 is 9.73 Å². The van der Waals surface area contributed by atoms with Gasteiger partial charge in [-0.15, -0.1) is 0 Å². The van der Waals surface area contributed by atoms with Crippen LogP contribution in [0, 0.1) is 5.82 Å². The maximum absolute atomic E-state index is 13.6. The molecule has 0 unspecified atom stereocenters. The van der Waals surface area contributed by atoms with Crippen molar-refractivity contribution < 1.29 is 8.81 Å². The zero-order valence-electron chi connectivity index (χ0n) is 9.71. The fourth-order valence-corrected chi connectivity index (χ4v) is 2.33. The van der Waals surface area contributed by atoms with Gasteiger partial charge in [0.1, 0.15) is 11.6 Å². The van der Waals surface area contributed by atoms with Crippen molar-refractivity contribution in [3.05, 3.63) is 56.6 Å². The minimum Gasteiger partial charge on any atom is -0.452 e. The van der Waals surface area contributed by atoms with Crippen LogP contribution in [-0.4, -0.2) is 0 Å². The fraction of sp³-hybridized carbons (Fsp3) is 0.231. The lowest BCUT2D eigenvalue weighted by Gasteiger charge is -2.13. The van der Waals surface area contributed by atoms with Crippen LogP contribution in [0.4, 0.5) is 4.39 Å². The van der Waals surface area contributed by atoms with Crippen molar-refractivity contribution in [2.45, 2.75) is 19.5 Å². The molecule has 1 heterocycles. The minimum absolute atomic E-state index is 0.0751. The maximum atomic E-state index is 13.6. The highest BCUT2D eigenvalue weighted by molar-refractivity contribution is 9.13. The second-order valence-corrected chi connectivity index (χ2v) is 5.53. The van der Waals surface area contributed by atoms with E-state index in [1.54, 1.807) is 12.1 Å². The van der Waals surface area contributed by atoms with Crippen LogP contribution in [0.25, 0.3) is 0 Å². The molecule has 0 saturated heterocycles. The minimum atomic E-state index is -0.195. The van der Waals surface area contributed by atoms with Crippen LogP contribution in [0.2, 0.25) is 0 Å². The van der Waals surface area contributed by atoms with Crippen LogP contribution in [0.5, 0.6) is 0 Å². The van der Waals surface area contributed by atoms with E-state index < -0.39 is 0 Å². The molecule has 18 heavy (non-hydrogen) atoms. The van der Waals surface area contributed by atoms with Gasteiger partial charge in [-0.25, -0.2) is 4.39 Å². The second kappa shape index (κ2) is 5.99. The van der Waals surface area contributed by atoms with Gasteiger partial charge >= 0.3 is 0 Å². The Bertz CT molecular complexity index is 522. The molecule has 0 spiro atoms. The highest BCUT2D eigenvalue weighted by Crippen LogP contribution is 2.27. The Balaban J connectivity index is 2.00. The molecule has 0 amide bonds. The van der Waals surface area contributed by atoms with Gasteiger partial charge in [-0.05, 0) is 50.9 Å². The highest BCUT2D eigenvalue weighted by atomic mass is 79.9. The number of nitrogens with one attached hydrogen (secondary N) is 1. The van der Waals surface area contributed by atoms with Crippen LogP contribution in [0.1, 0.15) is 24.3 Å². The topological polar surface area (TPSA) is 25.2 Å². The molecule has 1 N–H and O–H groups in total. The largest absolute Gasteiger partial charge is 0.452 e. The van der Waals surface area contributed by atoms with Crippen LogP contribution >= 0.6 is 31.9 Å². The van der Waals surface area contributed by atoms with Crippen molar-refractivity contribution in [3.63, 3.8) is 0 Å². The summed E-state index contributed by atoms with van der Waals surface area (Å²) in [5, 5.41) is 3.22. The molecule has 0 fully saturated rings. The van der Waals surface area contributed by atoms with E-state index in [0.29, 0.717) is 16.8 Å².